The first-order valence-electron chi connectivity index (χ1n) is 5.42. The summed E-state index contributed by atoms with van der Waals surface area (Å²) in [5.41, 5.74) is 1.88. The monoisotopic (exact) mass is 305 g/mol. The Balaban J connectivity index is 2.04. The molecule has 2 aromatic carbocycles. The van der Waals surface area contributed by atoms with Crippen molar-refractivity contribution < 1.29 is 9.94 Å². The van der Waals surface area contributed by atoms with Gasteiger partial charge in [-0.25, -0.2) is 0 Å². The highest BCUT2D eigenvalue weighted by atomic mass is 79.9. The highest BCUT2D eigenvalue weighted by Gasteiger charge is 1.98. The van der Waals surface area contributed by atoms with E-state index < -0.39 is 0 Å². The Hall–Kier alpha value is -1.81. The third-order valence-electron chi connectivity index (χ3n) is 2.36. The van der Waals surface area contributed by atoms with Gasteiger partial charge in [0.1, 0.15) is 12.4 Å². The molecule has 0 fully saturated rings. The first-order chi connectivity index (χ1) is 8.78. The summed E-state index contributed by atoms with van der Waals surface area (Å²) in [6.07, 6.45) is 1.37. The smallest absolute Gasteiger partial charge is 0.120 e. The summed E-state index contributed by atoms with van der Waals surface area (Å²) in [7, 11) is 0. The average Bonchev–Trinajstić information content (AvgIpc) is 2.37. The van der Waals surface area contributed by atoms with Gasteiger partial charge in [0.15, 0.2) is 0 Å². The molecule has 0 heterocycles. The molecule has 0 aliphatic carbocycles. The van der Waals surface area contributed by atoms with Crippen LogP contribution in [0.2, 0.25) is 0 Å². The quantitative estimate of drug-likeness (QED) is 0.530. The number of rotatable bonds is 4. The molecule has 0 unspecified atom stereocenters. The average molecular weight is 306 g/mol. The van der Waals surface area contributed by atoms with Crippen LogP contribution in [-0.4, -0.2) is 11.4 Å². The van der Waals surface area contributed by atoms with Crippen LogP contribution >= 0.6 is 15.9 Å². The lowest BCUT2D eigenvalue weighted by Crippen LogP contribution is -1.95. The molecule has 0 spiro atoms. The first kappa shape index (κ1) is 12.6. The molecule has 0 aliphatic rings. The molecule has 3 nitrogen and oxygen atoms in total. The molecule has 92 valence electrons. The van der Waals surface area contributed by atoms with E-state index in [1.165, 1.54) is 6.21 Å². The fourth-order valence-corrected chi connectivity index (χ4v) is 1.99. The second kappa shape index (κ2) is 6.21. The number of oxime groups is 1. The second-order valence-corrected chi connectivity index (χ2v) is 4.65. The summed E-state index contributed by atoms with van der Waals surface area (Å²) in [5, 5.41) is 11.5. The zero-order valence-corrected chi connectivity index (χ0v) is 11.2. The van der Waals surface area contributed by atoms with Crippen molar-refractivity contribution in [2.75, 3.05) is 0 Å². The van der Waals surface area contributed by atoms with Gasteiger partial charge < -0.3 is 9.94 Å². The molecule has 0 bridgehead atoms. The van der Waals surface area contributed by atoms with Crippen LogP contribution in [0.15, 0.2) is 58.2 Å². The number of hydrogen-bond donors (Lipinski definition) is 1. The molecule has 2 rings (SSSR count). The van der Waals surface area contributed by atoms with Crippen LogP contribution in [0.4, 0.5) is 0 Å². The maximum Gasteiger partial charge on any atom is 0.120 e. The van der Waals surface area contributed by atoms with E-state index in [-0.39, 0.29) is 0 Å². The van der Waals surface area contributed by atoms with Crippen molar-refractivity contribution in [2.24, 2.45) is 5.16 Å². The zero-order valence-electron chi connectivity index (χ0n) is 9.58. The first-order valence-corrected chi connectivity index (χ1v) is 6.22. The van der Waals surface area contributed by atoms with E-state index in [0.29, 0.717) is 6.61 Å². The lowest BCUT2D eigenvalue weighted by molar-refractivity contribution is 0.306. The third-order valence-corrected chi connectivity index (χ3v) is 2.85. The lowest BCUT2D eigenvalue weighted by Gasteiger charge is -2.07. The van der Waals surface area contributed by atoms with E-state index in [1.54, 1.807) is 0 Å². The van der Waals surface area contributed by atoms with Gasteiger partial charge in [0.2, 0.25) is 0 Å². The molecule has 4 heteroatoms. The molecule has 0 aliphatic heterocycles. The van der Waals surface area contributed by atoms with E-state index in [9.17, 15) is 0 Å². The Kier molecular flexibility index (Phi) is 4.36. The van der Waals surface area contributed by atoms with Crippen LogP contribution < -0.4 is 4.74 Å². The summed E-state index contributed by atoms with van der Waals surface area (Å²) in [5.74, 6) is 0.743. The number of ether oxygens (including phenoxy) is 1. The Morgan fingerprint density at radius 2 is 2.00 bits per heavy atom. The Morgan fingerprint density at radius 1 is 1.17 bits per heavy atom. The Morgan fingerprint density at radius 3 is 2.78 bits per heavy atom. The lowest BCUT2D eigenvalue weighted by atomic mass is 10.2. The van der Waals surface area contributed by atoms with Crippen LogP contribution in [0.5, 0.6) is 5.75 Å². The van der Waals surface area contributed by atoms with Crippen molar-refractivity contribution in [1.82, 2.24) is 0 Å². The van der Waals surface area contributed by atoms with Crippen molar-refractivity contribution in [3.05, 3.63) is 64.1 Å². The molecule has 0 saturated heterocycles. The number of benzene rings is 2. The van der Waals surface area contributed by atoms with Crippen molar-refractivity contribution in [3.63, 3.8) is 0 Å². The summed E-state index contributed by atoms with van der Waals surface area (Å²) < 4.78 is 6.70. The molecule has 0 amide bonds. The SMILES string of the molecule is O/N=C\c1cccc(OCc2cccc(Br)c2)c1. The molecule has 0 saturated carbocycles. The van der Waals surface area contributed by atoms with Crippen LogP contribution in [0.25, 0.3) is 0 Å². The maximum absolute atomic E-state index is 8.47. The van der Waals surface area contributed by atoms with Gasteiger partial charge >= 0.3 is 0 Å². The van der Waals surface area contributed by atoms with E-state index in [4.69, 9.17) is 9.94 Å². The van der Waals surface area contributed by atoms with Crippen molar-refractivity contribution in [1.29, 1.82) is 0 Å². The highest BCUT2D eigenvalue weighted by molar-refractivity contribution is 9.10. The fraction of sp³-hybridized carbons (Fsp3) is 0.0714. The second-order valence-electron chi connectivity index (χ2n) is 3.74. The Bertz CT molecular complexity index is 555. The molecular weight excluding hydrogens is 294 g/mol. The van der Waals surface area contributed by atoms with Crippen LogP contribution in [-0.2, 0) is 6.61 Å². The zero-order chi connectivity index (χ0) is 12.8. The summed E-state index contributed by atoms with van der Waals surface area (Å²) in [6, 6.07) is 15.3. The molecular formula is C14H12BrNO2. The van der Waals surface area contributed by atoms with Gasteiger partial charge in [-0.1, -0.05) is 45.4 Å². The van der Waals surface area contributed by atoms with Crippen molar-refractivity contribution >= 4 is 22.1 Å². The maximum atomic E-state index is 8.47. The van der Waals surface area contributed by atoms with Gasteiger partial charge in [-0.05, 0) is 35.4 Å². The van der Waals surface area contributed by atoms with Crippen LogP contribution in [0, 0.1) is 0 Å². The topological polar surface area (TPSA) is 41.8 Å². The van der Waals surface area contributed by atoms with Gasteiger partial charge in [-0.3, -0.25) is 0 Å². The molecule has 0 aromatic heterocycles. The number of halogens is 1. The van der Waals surface area contributed by atoms with E-state index in [0.717, 1.165) is 21.3 Å². The molecule has 1 N–H and O–H groups in total. The normalized spacial score (nSPS) is 10.7. The molecule has 2 aromatic rings. The largest absolute Gasteiger partial charge is 0.489 e. The van der Waals surface area contributed by atoms with E-state index in [1.807, 2.05) is 48.5 Å². The molecule has 18 heavy (non-hydrogen) atoms. The predicted octanol–water partition coefficient (Wildman–Crippen LogP) is 3.84. The molecule has 0 radical (unpaired) electrons. The van der Waals surface area contributed by atoms with Gasteiger partial charge in [0, 0.05) is 4.47 Å². The molecule has 0 atom stereocenters. The third kappa shape index (κ3) is 3.60. The number of hydrogen-bond acceptors (Lipinski definition) is 3. The summed E-state index contributed by atoms with van der Waals surface area (Å²) in [6.45, 7) is 0.499. The van der Waals surface area contributed by atoms with Gasteiger partial charge in [0.05, 0.1) is 6.21 Å². The van der Waals surface area contributed by atoms with E-state index in [2.05, 4.69) is 21.1 Å². The van der Waals surface area contributed by atoms with E-state index >= 15 is 0 Å². The fourth-order valence-electron chi connectivity index (χ4n) is 1.54. The van der Waals surface area contributed by atoms with Crippen molar-refractivity contribution in [3.8, 4) is 5.75 Å². The highest BCUT2D eigenvalue weighted by Crippen LogP contribution is 2.16. The number of nitrogens with zero attached hydrogens (tertiary/aromatic N) is 1. The minimum atomic E-state index is 0.499. The van der Waals surface area contributed by atoms with Gasteiger partial charge in [0.25, 0.3) is 0 Å². The minimum absolute atomic E-state index is 0.499. The summed E-state index contributed by atoms with van der Waals surface area (Å²) >= 11 is 3.42. The van der Waals surface area contributed by atoms with Gasteiger partial charge in [-0.2, -0.15) is 0 Å². The Labute approximate surface area is 114 Å². The minimum Gasteiger partial charge on any atom is -0.489 e. The standard InChI is InChI=1S/C14H12BrNO2/c15-13-5-1-4-12(7-13)10-18-14-6-2-3-11(8-14)9-16-17/h1-9,17H,10H2/b16-9-. The van der Waals surface area contributed by atoms with Crippen LogP contribution in [0.3, 0.4) is 0 Å². The van der Waals surface area contributed by atoms with Gasteiger partial charge in [-0.15, -0.1) is 0 Å². The summed E-state index contributed by atoms with van der Waals surface area (Å²) in [4.78, 5) is 0. The van der Waals surface area contributed by atoms with Crippen LogP contribution in [0.1, 0.15) is 11.1 Å². The van der Waals surface area contributed by atoms with Crippen molar-refractivity contribution in [2.45, 2.75) is 6.61 Å². The predicted molar refractivity (Wildman–Crippen MR) is 74.3 cm³/mol.